The van der Waals surface area contributed by atoms with Gasteiger partial charge >= 0.3 is 0 Å². The van der Waals surface area contributed by atoms with E-state index in [0.29, 0.717) is 24.3 Å². The van der Waals surface area contributed by atoms with Crippen LogP contribution < -0.4 is 15.4 Å². The molecule has 0 aliphatic rings. The number of hydrogen-bond acceptors (Lipinski definition) is 6. The van der Waals surface area contributed by atoms with E-state index in [0.717, 1.165) is 28.2 Å². The number of carbonyl (C=O) groups is 1. The van der Waals surface area contributed by atoms with Gasteiger partial charge in [-0.05, 0) is 29.7 Å². The minimum absolute atomic E-state index is 0.130. The third-order valence-corrected chi connectivity index (χ3v) is 5.16. The van der Waals surface area contributed by atoms with Crippen molar-refractivity contribution in [3.8, 4) is 17.0 Å². The van der Waals surface area contributed by atoms with Gasteiger partial charge in [-0.1, -0.05) is 37.3 Å². The molecule has 0 fully saturated rings. The summed E-state index contributed by atoms with van der Waals surface area (Å²) in [7, 11) is 3.21. The topological polar surface area (TPSA) is 96.4 Å². The van der Waals surface area contributed by atoms with E-state index < -0.39 is 0 Å². The number of ether oxygens (including phenoxy) is 1. The first-order chi connectivity index (χ1) is 15.0. The van der Waals surface area contributed by atoms with Gasteiger partial charge in [0.1, 0.15) is 17.9 Å². The van der Waals surface area contributed by atoms with Gasteiger partial charge in [0.25, 0.3) is 5.91 Å². The van der Waals surface area contributed by atoms with Gasteiger partial charge in [0, 0.05) is 43.3 Å². The van der Waals surface area contributed by atoms with Crippen molar-refractivity contribution in [3.05, 3.63) is 71.5 Å². The summed E-state index contributed by atoms with van der Waals surface area (Å²) in [6.07, 6.45) is 2.19. The van der Waals surface area contributed by atoms with Gasteiger partial charge in [0.2, 0.25) is 0 Å². The molecule has 31 heavy (non-hydrogen) atoms. The summed E-state index contributed by atoms with van der Waals surface area (Å²) in [5.74, 6) is 1.40. The number of amides is 1. The summed E-state index contributed by atoms with van der Waals surface area (Å²) in [6.45, 7) is 2.87. The van der Waals surface area contributed by atoms with Crippen molar-refractivity contribution in [2.45, 2.75) is 19.3 Å². The predicted octanol–water partition coefficient (Wildman–Crippen LogP) is 3.26. The van der Waals surface area contributed by atoms with E-state index in [9.17, 15) is 4.79 Å². The fourth-order valence-corrected chi connectivity index (χ4v) is 3.35. The molecular formula is C24H28N4O3. The van der Waals surface area contributed by atoms with Crippen LogP contribution in [0.3, 0.4) is 0 Å². The SMILES string of the molecule is CNC(=O)c1ccc(C(C)CNc2cc(-c3ccc(CCO)cc3)ncn2)c(OC)c1. The van der Waals surface area contributed by atoms with Gasteiger partial charge in [-0.2, -0.15) is 0 Å². The molecule has 0 spiro atoms. The molecule has 1 atom stereocenters. The number of carbonyl (C=O) groups excluding carboxylic acids is 1. The number of methoxy groups -OCH3 is 1. The van der Waals surface area contributed by atoms with E-state index in [1.54, 1.807) is 32.6 Å². The Kier molecular flexibility index (Phi) is 7.56. The summed E-state index contributed by atoms with van der Waals surface area (Å²) >= 11 is 0. The second-order valence-corrected chi connectivity index (χ2v) is 7.28. The molecule has 0 saturated carbocycles. The van der Waals surface area contributed by atoms with Crippen LogP contribution >= 0.6 is 0 Å². The molecule has 0 bridgehead atoms. The zero-order chi connectivity index (χ0) is 22.2. The molecule has 7 nitrogen and oxygen atoms in total. The first-order valence-electron chi connectivity index (χ1n) is 10.2. The van der Waals surface area contributed by atoms with Crippen molar-refractivity contribution in [1.82, 2.24) is 15.3 Å². The fourth-order valence-electron chi connectivity index (χ4n) is 3.35. The standard InChI is InChI=1S/C24H28N4O3/c1-16(20-9-8-19(24(30)25-2)12-22(20)31-3)14-26-23-13-21(27-15-28-23)18-6-4-17(5-7-18)10-11-29/h4-9,12-13,15-16,29H,10-11,14H2,1-3H3,(H,25,30)(H,26,27,28). The molecule has 3 rings (SSSR count). The minimum Gasteiger partial charge on any atom is -0.496 e. The lowest BCUT2D eigenvalue weighted by atomic mass is 9.98. The summed E-state index contributed by atoms with van der Waals surface area (Å²) in [4.78, 5) is 20.6. The maximum absolute atomic E-state index is 11.9. The Morgan fingerprint density at radius 3 is 2.58 bits per heavy atom. The second-order valence-electron chi connectivity index (χ2n) is 7.28. The molecule has 3 N–H and O–H groups in total. The molecule has 2 aromatic carbocycles. The van der Waals surface area contributed by atoms with Crippen LogP contribution in [0.1, 0.15) is 34.3 Å². The van der Waals surface area contributed by atoms with E-state index in [1.807, 2.05) is 36.4 Å². The Balaban J connectivity index is 1.70. The van der Waals surface area contributed by atoms with Crippen LogP contribution in [0.4, 0.5) is 5.82 Å². The monoisotopic (exact) mass is 420 g/mol. The molecule has 1 amide bonds. The van der Waals surface area contributed by atoms with E-state index >= 15 is 0 Å². The fraction of sp³-hybridized carbons (Fsp3) is 0.292. The number of hydrogen-bond donors (Lipinski definition) is 3. The highest BCUT2D eigenvalue weighted by atomic mass is 16.5. The molecule has 0 radical (unpaired) electrons. The maximum Gasteiger partial charge on any atom is 0.251 e. The summed E-state index contributed by atoms with van der Waals surface area (Å²) in [6, 6.07) is 15.4. The summed E-state index contributed by atoms with van der Waals surface area (Å²) in [5.41, 5.74) is 4.48. The Labute approximate surface area is 182 Å². The number of nitrogens with one attached hydrogen (secondary N) is 2. The first kappa shape index (κ1) is 22.2. The molecule has 7 heteroatoms. The van der Waals surface area contributed by atoms with E-state index in [2.05, 4.69) is 27.5 Å². The van der Waals surface area contributed by atoms with E-state index in [1.165, 1.54) is 0 Å². The number of aliphatic hydroxyl groups excluding tert-OH is 1. The number of nitrogens with zero attached hydrogens (tertiary/aromatic N) is 2. The highest BCUT2D eigenvalue weighted by Gasteiger charge is 2.15. The van der Waals surface area contributed by atoms with Gasteiger partial charge < -0.3 is 20.5 Å². The number of benzene rings is 2. The zero-order valence-electron chi connectivity index (χ0n) is 18.1. The average molecular weight is 421 g/mol. The maximum atomic E-state index is 11.9. The lowest BCUT2D eigenvalue weighted by Gasteiger charge is -2.17. The Bertz CT molecular complexity index is 1020. The smallest absolute Gasteiger partial charge is 0.251 e. The molecule has 0 aliphatic carbocycles. The molecule has 1 aromatic heterocycles. The lowest BCUT2D eigenvalue weighted by Crippen LogP contribution is -2.18. The first-order valence-corrected chi connectivity index (χ1v) is 10.2. The Hall–Kier alpha value is -3.45. The van der Waals surface area contributed by atoms with Gasteiger partial charge in [-0.25, -0.2) is 9.97 Å². The Morgan fingerprint density at radius 2 is 1.90 bits per heavy atom. The van der Waals surface area contributed by atoms with Crippen LogP contribution in [0.25, 0.3) is 11.3 Å². The van der Waals surface area contributed by atoms with Gasteiger partial charge in [0.15, 0.2) is 0 Å². The van der Waals surface area contributed by atoms with Crippen LogP contribution in [0.2, 0.25) is 0 Å². The molecule has 0 saturated heterocycles. The van der Waals surface area contributed by atoms with E-state index in [4.69, 9.17) is 9.84 Å². The van der Waals surface area contributed by atoms with Crippen LogP contribution in [0, 0.1) is 0 Å². The van der Waals surface area contributed by atoms with Gasteiger partial charge in [0.05, 0.1) is 12.8 Å². The highest BCUT2D eigenvalue weighted by Crippen LogP contribution is 2.28. The van der Waals surface area contributed by atoms with Crippen molar-refractivity contribution < 1.29 is 14.6 Å². The van der Waals surface area contributed by atoms with Crippen LogP contribution in [-0.4, -0.2) is 48.3 Å². The number of aliphatic hydroxyl groups is 1. The van der Waals surface area contributed by atoms with Gasteiger partial charge in [-0.15, -0.1) is 0 Å². The average Bonchev–Trinajstić information content (AvgIpc) is 2.82. The lowest BCUT2D eigenvalue weighted by molar-refractivity contribution is 0.0962. The van der Waals surface area contributed by atoms with Crippen LogP contribution in [0.5, 0.6) is 5.75 Å². The molecule has 0 aliphatic heterocycles. The van der Waals surface area contributed by atoms with Crippen molar-refractivity contribution in [2.75, 3.05) is 32.6 Å². The van der Waals surface area contributed by atoms with Crippen molar-refractivity contribution in [3.63, 3.8) is 0 Å². The Morgan fingerprint density at radius 1 is 1.13 bits per heavy atom. The number of aromatic nitrogens is 2. The zero-order valence-corrected chi connectivity index (χ0v) is 18.1. The third kappa shape index (κ3) is 5.58. The van der Waals surface area contributed by atoms with Gasteiger partial charge in [-0.3, -0.25) is 4.79 Å². The van der Waals surface area contributed by atoms with Crippen molar-refractivity contribution >= 4 is 11.7 Å². The molecule has 1 unspecified atom stereocenters. The number of anilines is 1. The van der Waals surface area contributed by atoms with Crippen molar-refractivity contribution in [2.24, 2.45) is 0 Å². The minimum atomic E-state index is -0.145. The predicted molar refractivity (Wildman–Crippen MR) is 122 cm³/mol. The third-order valence-electron chi connectivity index (χ3n) is 5.16. The second kappa shape index (κ2) is 10.5. The van der Waals surface area contributed by atoms with Crippen molar-refractivity contribution in [1.29, 1.82) is 0 Å². The quantitative estimate of drug-likeness (QED) is 0.492. The summed E-state index contributed by atoms with van der Waals surface area (Å²) in [5, 5.41) is 15.0. The highest BCUT2D eigenvalue weighted by molar-refractivity contribution is 5.94. The normalized spacial score (nSPS) is 11.6. The number of rotatable bonds is 9. The molecule has 1 heterocycles. The molecular weight excluding hydrogens is 392 g/mol. The molecule has 3 aromatic rings. The largest absolute Gasteiger partial charge is 0.496 e. The van der Waals surface area contributed by atoms with E-state index in [-0.39, 0.29) is 18.4 Å². The summed E-state index contributed by atoms with van der Waals surface area (Å²) < 4.78 is 5.51. The molecule has 162 valence electrons. The van der Waals surface area contributed by atoms with Crippen LogP contribution in [0.15, 0.2) is 54.9 Å². The van der Waals surface area contributed by atoms with Crippen LogP contribution in [-0.2, 0) is 6.42 Å².